The third kappa shape index (κ3) is 3.88. The third-order valence-corrected chi connectivity index (χ3v) is 2.69. The van der Waals surface area contributed by atoms with Crippen molar-refractivity contribution >= 4 is 9.84 Å². The molecule has 1 aliphatic rings. The molecule has 0 atom stereocenters. The minimum absolute atomic E-state index is 0.197. The third-order valence-electron chi connectivity index (χ3n) is 1.92. The summed E-state index contributed by atoms with van der Waals surface area (Å²) >= 11 is 0. The van der Waals surface area contributed by atoms with Gasteiger partial charge in [0.05, 0.1) is 5.75 Å². The molecule has 3 nitrogen and oxygen atoms in total. The van der Waals surface area contributed by atoms with Gasteiger partial charge in [0, 0.05) is 6.26 Å². The van der Waals surface area contributed by atoms with Crippen LogP contribution in [0.5, 0.6) is 0 Å². The highest BCUT2D eigenvalue weighted by Crippen LogP contribution is 2.09. The highest BCUT2D eigenvalue weighted by atomic mass is 32.2. The van der Waals surface area contributed by atoms with E-state index in [1.807, 2.05) is 6.08 Å². The van der Waals surface area contributed by atoms with Gasteiger partial charge >= 0.3 is 0 Å². The molecule has 0 radical (unpaired) electrons. The second kappa shape index (κ2) is 4.05. The maximum atomic E-state index is 10.8. The molecule has 1 saturated heterocycles. The summed E-state index contributed by atoms with van der Waals surface area (Å²) in [6.45, 7) is 1.96. The smallest absolute Gasteiger partial charge is 0.151 e. The Morgan fingerprint density at radius 2 is 2.00 bits per heavy atom. The topological polar surface area (TPSA) is 46.2 Å². The molecule has 0 aliphatic carbocycles. The van der Waals surface area contributed by atoms with E-state index in [-0.39, 0.29) is 5.75 Å². The van der Waals surface area contributed by atoms with Crippen LogP contribution in [0.15, 0.2) is 11.6 Å². The van der Waals surface area contributed by atoms with E-state index < -0.39 is 9.84 Å². The fraction of sp³-hybridized carbons (Fsp3) is 0.750. The second-order valence-electron chi connectivity index (χ2n) is 3.20. The van der Waals surface area contributed by atoms with E-state index in [1.54, 1.807) is 0 Å². The van der Waals surface area contributed by atoms with Gasteiger partial charge in [-0.25, -0.2) is 8.42 Å². The molecule has 0 amide bonds. The summed E-state index contributed by atoms with van der Waals surface area (Å²) in [5.41, 5.74) is 1.28. The summed E-state index contributed by atoms with van der Waals surface area (Å²) in [5, 5.41) is 3.22. The second-order valence-corrected chi connectivity index (χ2v) is 5.39. The molecule has 1 heterocycles. The van der Waals surface area contributed by atoms with E-state index in [4.69, 9.17) is 0 Å². The quantitative estimate of drug-likeness (QED) is 0.637. The molecule has 0 spiro atoms. The number of sulfone groups is 1. The number of hydrogen-bond acceptors (Lipinski definition) is 3. The van der Waals surface area contributed by atoms with Crippen LogP contribution in [0.3, 0.4) is 0 Å². The zero-order valence-corrected chi connectivity index (χ0v) is 8.15. The van der Waals surface area contributed by atoms with Crippen LogP contribution >= 0.6 is 0 Å². The average Bonchev–Trinajstić information content (AvgIpc) is 2.02. The van der Waals surface area contributed by atoms with Crippen molar-refractivity contribution in [1.29, 1.82) is 0 Å². The van der Waals surface area contributed by atoms with Crippen LogP contribution in [0.1, 0.15) is 12.8 Å². The van der Waals surface area contributed by atoms with Gasteiger partial charge in [-0.15, -0.1) is 0 Å². The molecule has 0 aromatic heterocycles. The monoisotopic (exact) mass is 189 g/mol. The summed E-state index contributed by atoms with van der Waals surface area (Å²) in [7, 11) is -2.82. The molecule has 1 fully saturated rings. The first-order valence-electron chi connectivity index (χ1n) is 4.14. The number of piperidine rings is 1. The van der Waals surface area contributed by atoms with Gasteiger partial charge in [-0.3, -0.25) is 0 Å². The Labute approximate surface area is 73.8 Å². The molecule has 0 saturated carbocycles. The molecule has 4 heteroatoms. The lowest BCUT2D eigenvalue weighted by Crippen LogP contribution is -2.23. The molecule has 0 unspecified atom stereocenters. The minimum Gasteiger partial charge on any atom is -0.316 e. The zero-order chi connectivity index (χ0) is 9.03. The van der Waals surface area contributed by atoms with Crippen molar-refractivity contribution in [2.45, 2.75) is 12.8 Å². The van der Waals surface area contributed by atoms with Crippen LogP contribution in [0.4, 0.5) is 0 Å². The van der Waals surface area contributed by atoms with Gasteiger partial charge in [-0.2, -0.15) is 0 Å². The molecule has 0 bridgehead atoms. The van der Waals surface area contributed by atoms with Crippen LogP contribution in [-0.2, 0) is 9.84 Å². The molecule has 70 valence electrons. The van der Waals surface area contributed by atoms with Crippen molar-refractivity contribution < 1.29 is 8.42 Å². The van der Waals surface area contributed by atoms with Crippen LogP contribution in [0.2, 0.25) is 0 Å². The SMILES string of the molecule is CS(=O)(=O)CC=C1CCNCC1. The van der Waals surface area contributed by atoms with Gasteiger partial charge in [0.1, 0.15) is 0 Å². The Morgan fingerprint density at radius 1 is 1.42 bits per heavy atom. The van der Waals surface area contributed by atoms with Crippen molar-refractivity contribution in [2.24, 2.45) is 0 Å². The molecular weight excluding hydrogens is 174 g/mol. The normalized spacial score (nSPS) is 19.2. The predicted molar refractivity (Wildman–Crippen MR) is 49.9 cm³/mol. The Morgan fingerprint density at radius 3 is 2.50 bits per heavy atom. The fourth-order valence-corrected chi connectivity index (χ4v) is 1.76. The van der Waals surface area contributed by atoms with Crippen LogP contribution in [0.25, 0.3) is 0 Å². The molecule has 12 heavy (non-hydrogen) atoms. The molecule has 1 aliphatic heterocycles. The molecule has 1 rings (SSSR count). The fourth-order valence-electron chi connectivity index (χ4n) is 1.22. The molecule has 0 aromatic rings. The van der Waals surface area contributed by atoms with E-state index in [2.05, 4.69) is 5.32 Å². The Bertz CT molecular complexity index is 259. The van der Waals surface area contributed by atoms with E-state index in [0.717, 1.165) is 25.9 Å². The summed E-state index contributed by atoms with van der Waals surface area (Å²) in [6.07, 6.45) is 5.12. The first-order valence-corrected chi connectivity index (χ1v) is 6.20. The summed E-state index contributed by atoms with van der Waals surface area (Å²) < 4.78 is 21.6. The Kier molecular flexibility index (Phi) is 3.29. The summed E-state index contributed by atoms with van der Waals surface area (Å²) in [6, 6.07) is 0. The molecule has 0 aromatic carbocycles. The maximum absolute atomic E-state index is 10.8. The largest absolute Gasteiger partial charge is 0.316 e. The molecular formula is C8H15NO2S. The lowest BCUT2D eigenvalue weighted by molar-refractivity contribution is 0.600. The first kappa shape index (κ1) is 9.74. The van der Waals surface area contributed by atoms with Crippen LogP contribution in [0, 0.1) is 0 Å². The maximum Gasteiger partial charge on any atom is 0.151 e. The highest BCUT2D eigenvalue weighted by Gasteiger charge is 2.05. The van der Waals surface area contributed by atoms with E-state index in [1.165, 1.54) is 11.8 Å². The van der Waals surface area contributed by atoms with Crippen molar-refractivity contribution in [3.63, 3.8) is 0 Å². The van der Waals surface area contributed by atoms with Crippen molar-refractivity contribution in [3.05, 3.63) is 11.6 Å². The lowest BCUT2D eigenvalue weighted by Gasteiger charge is -2.14. The van der Waals surface area contributed by atoms with Gasteiger partial charge in [-0.05, 0) is 25.9 Å². The Hall–Kier alpha value is -0.350. The zero-order valence-electron chi connectivity index (χ0n) is 7.34. The summed E-state index contributed by atoms with van der Waals surface area (Å²) in [5.74, 6) is 0.197. The van der Waals surface area contributed by atoms with Gasteiger partial charge in [-0.1, -0.05) is 11.6 Å². The van der Waals surface area contributed by atoms with Crippen LogP contribution in [-0.4, -0.2) is 33.5 Å². The van der Waals surface area contributed by atoms with Gasteiger partial charge in [0.15, 0.2) is 9.84 Å². The van der Waals surface area contributed by atoms with E-state index >= 15 is 0 Å². The van der Waals surface area contributed by atoms with Crippen molar-refractivity contribution in [3.8, 4) is 0 Å². The van der Waals surface area contributed by atoms with Gasteiger partial charge < -0.3 is 5.32 Å². The standard InChI is InChI=1S/C8H15NO2S/c1-12(10,11)7-4-8-2-5-9-6-3-8/h4,9H,2-3,5-7H2,1H3. The number of nitrogens with one attached hydrogen (secondary N) is 1. The predicted octanol–water partition coefficient (Wildman–Crippen LogP) is 0.341. The first-order chi connectivity index (χ1) is 5.58. The van der Waals surface area contributed by atoms with Gasteiger partial charge in [0.25, 0.3) is 0 Å². The van der Waals surface area contributed by atoms with Crippen LogP contribution < -0.4 is 5.32 Å². The number of rotatable bonds is 2. The van der Waals surface area contributed by atoms with E-state index in [9.17, 15) is 8.42 Å². The lowest BCUT2D eigenvalue weighted by atomic mass is 10.1. The average molecular weight is 189 g/mol. The minimum atomic E-state index is -2.82. The summed E-state index contributed by atoms with van der Waals surface area (Å²) in [4.78, 5) is 0. The number of hydrogen-bond donors (Lipinski definition) is 1. The van der Waals surface area contributed by atoms with Crippen molar-refractivity contribution in [1.82, 2.24) is 5.32 Å². The Balaban J connectivity index is 2.45. The van der Waals surface area contributed by atoms with Gasteiger partial charge in [0.2, 0.25) is 0 Å². The van der Waals surface area contributed by atoms with Crippen molar-refractivity contribution in [2.75, 3.05) is 25.1 Å². The molecule has 1 N–H and O–H groups in total. The highest BCUT2D eigenvalue weighted by molar-refractivity contribution is 7.90. The van der Waals surface area contributed by atoms with E-state index in [0.29, 0.717) is 0 Å².